The SMILES string of the molecule is O=C1COCC(=O)N[C@@H](Cc2ccccc2)COC(=O)COCC(=O)OC[C@H](Cc2ccccc2)N1. The van der Waals surface area contributed by atoms with Crippen molar-refractivity contribution in [3.8, 4) is 0 Å². The van der Waals surface area contributed by atoms with Gasteiger partial charge in [-0.25, -0.2) is 9.59 Å². The van der Waals surface area contributed by atoms with Crippen LogP contribution in [0, 0.1) is 0 Å². The van der Waals surface area contributed by atoms with Crippen molar-refractivity contribution in [2.24, 2.45) is 0 Å². The predicted molar refractivity (Wildman–Crippen MR) is 128 cm³/mol. The second kappa shape index (κ2) is 14.6. The number of esters is 2. The normalized spacial score (nSPS) is 21.2. The Hall–Kier alpha value is -3.76. The molecule has 36 heavy (non-hydrogen) atoms. The molecule has 0 saturated carbocycles. The molecular formula is C26H30N2O8. The highest BCUT2D eigenvalue weighted by molar-refractivity contribution is 5.80. The second-order valence-electron chi connectivity index (χ2n) is 8.26. The summed E-state index contributed by atoms with van der Waals surface area (Å²) >= 11 is 0. The summed E-state index contributed by atoms with van der Waals surface area (Å²) in [6, 6.07) is 17.7. The topological polar surface area (TPSA) is 129 Å². The standard InChI is InChI=1S/C26H30N2O8/c29-23-15-33-16-24(30)28-22(12-20-9-5-2-6-10-20)14-36-26(32)18-34-17-25(31)35-13-21(27-23)11-19-7-3-1-4-8-19/h1-10,21-22H,11-18H2,(H,27,29)(H,28,30)/t21-,22-/m0/s1. The first-order valence-corrected chi connectivity index (χ1v) is 11.6. The monoisotopic (exact) mass is 498 g/mol. The number of carbonyl (C=O) groups excluding carboxylic acids is 4. The van der Waals surface area contributed by atoms with Crippen LogP contribution >= 0.6 is 0 Å². The lowest BCUT2D eigenvalue weighted by Gasteiger charge is -2.21. The van der Waals surface area contributed by atoms with Crippen LogP contribution in [0.15, 0.2) is 60.7 Å². The molecule has 1 saturated heterocycles. The molecule has 0 bridgehead atoms. The van der Waals surface area contributed by atoms with E-state index in [4.69, 9.17) is 18.9 Å². The molecule has 0 aromatic heterocycles. The van der Waals surface area contributed by atoms with Crippen molar-refractivity contribution < 1.29 is 38.1 Å². The third kappa shape index (κ3) is 10.2. The Bertz CT molecular complexity index is 920. The number of amides is 2. The van der Waals surface area contributed by atoms with Crippen LogP contribution < -0.4 is 10.6 Å². The van der Waals surface area contributed by atoms with Crippen LogP contribution in [0.3, 0.4) is 0 Å². The van der Waals surface area contributed by atoms with Crippen LogP contribution in [-0.2, 0) is 51.0 Å². The van der Waals surface area contributed by atoms with E-state index in [2.05, 4.69) is 10.6 Å². The maximum absolute atomic E-state index is 12.4. The Morgan fingerprint density at radius 3 is 1.39 bits per heavy atom. The zero-order chi connectivity index (χ0) is 25.6. The maximum Gasteiger partial charge on any atom is 0.332 e. The van der Waals surface area contributed by atoms with Gasteiger partial charge in [-0.1, -0.05) is 60.7 Å². The third-order valence-corrected chi connectivity index (χ3v) is 5.18. The van der Waals surface area contributed by atoms with Gasteiger partial charge in [0.15, 0.2) is 0 Å². The average molecular weight is 499 g/mol. The minimum absolute atomic E-state index is 0.102. The summed E-state index contributed by atoms with van der Waals surface area (Å²) in [5.74, 6) is -2.26. The molecule has 2 aromatic rings. The van der Waals surface area contributed by atoms with Gasteiger partial charge < -0.3 is 29.6 Å². The molecule has 192 valence electrons. The van der Waals surface area contributed by atoms with Gasteiger partial charge in [-0.2, -0.15) is 0 Å². The molecule has 2 aromatic carbocycles. The molecule has 0 radical (unpaired) electrons. The molecule has 2 N–H and O–H groups in total. The second-order valence-corrected chi connectivity index (χ2v) is 8.26. The minimum atomic E-state index is -0.679. The fourth-order valence-corrected chi connectivity index (χ4v) is 3.56. The van der Waals surface area contributed by atoms with Gasteiger partial charge in [-0.05, 0) is 24.0 Å². The lowest BCUT2D eigenvalue weighted by Crippen LogP contribution is -2.44. The Labute approximate surface area is 209 Å². The highest BCUT2D eigenvalue weighted by atomic mass is 16.6. The van der Waals surface area contributed by atoms with E-state index in [-0.39, 0.29) is 26.4 Å². The number of ether oxygens (including phenoxy) is 4. The van der Waals surface area contributed by atoms with Crippen molar-refractivity contribution in [2.75, 3.05) is 39.6 Å². The molecule has 10 nitrogen and oxygen atoms in total. The number of rotatable bonds is 4. The first-order valence-electron chi connectivity index (χ1n) is 11.6. The minimum Gasteiger partial charge on any atom is -0.462 e. The molecule has 0 spiro atoms. The van der Waals surface area contributed by atoms with E-state index in [1.165, 1.54) is 0 Å². The van der Waals surface area contributed by atoms with Crippen LogP contribution in [0.25, 0.3) is 0 Å². The van der Waals surface area contributed by atoms with Gasteiger partial charge in [-0.3, -0.25) is 9.59 Å². The van der Waals surface area contributed by atoms with Gasteiger partial charge in [0.25, 0.3) is 0 Å². The molecule has 1 heterocycles. The molecule has 0 aliphatic carbocycles. The van der Waals surface area contributed by atoms with Gasteiger partial charge in [0.1, 0.15) is 39.6 Å². The number of cyclic esters (lactones) is 2. The molecule has 3 rings (SSSR count). The first-order chi connectivity index (χ1) is 17.5. The van der Waals surface area contributed by atoms with Crippen molar-refractivity contribution in [1.29, 1.82) is 0 Å². The Kier molecular flexibility index (Phi) is 10.9. The molecular weight excluding hydrogens is 468 g/mol. The van der Waals surface area contributed by atoms with Crippen LogP contribution in [0.5, 0.6) is 0 Å². The largest absolute Gasteiger partial charge is 0.462 e. The quantitative estimate of drug-likeness (QED) is 0.586. The molecule has 2 amide bonds. The van der Waals surface area contributed by atoms with E-state index >= 15 is 0 Å². The first kappa shape index (κ1) is 26.8. The Balaban J connectivity index is 1.63. The summed E-state index contributed by atoms with van der Waals surface area (Å²) in [7, 11) is 0. The number of hydrogen-bond donors (Lipinski definition) is 2. The Morgan fingerprint density at radius 2 is 0.972 bits per heavy atom. The van der Waals surface area contributed by atoms with Gasteiger partial charge >= 0.3 is 11.9 Å². The van der Waals surface area contributed by atoms with E-state index in [0.717, 1.165) is 11.1 Å². The van der Waals surface area contributed by atoms with Crippen molar-refractivity contribution in [2.45, 2.75) is 24.9 Å². The number of carbonyl (C=O) groups is 4. The van der Waals surface area contributed by atoms with Gasteiger partial charge in [0, 0.05) is 0 Å². The van der Waals surface area contributed by atoms with E-state index in [9.17, 15) is 19.2 Å². The summed E-state index contributed by atoms with van der Waals surface area (Å²) in [4.78, 5) is 49.0. The highest BCUT2D eigenvalue weighted by Gasteiger charge is 2.19. The molecule has 2 atom stereocenters. The molecule has 1 aliphatic heterocycles. The molecule has 1 fully saturated rings. The van der Waals surface area contributed by atoms with E-state index in [1.807, 2.05) is 60.7 Å². The summed E-state index contributed by atoms with van der Waals surface area (Å²) in [6.45, 7) is -1.81. The van der Waals surface area contributed by atoms with Crippen LogP contribution in [0.4, 0.5) is 0 Å². The third-order valence-electron chi connectivity index (χ3n) is 5.18. The summed E-state index contributed by atoms with van der Waals surface area (Å²) in [5, 5.41) is 5.53. The van der Waals surface area contributed by atoms with Crippen molar-refractivity contribution in [3.63, 3.8) is 0 Å². The summed E-state index contributed by atoms with van der Waals surface area (Å²) < 4.78 is 20.8. The fourth-order valence-electron chi connectivity index (χ4n) is 3.56. The Morgan fingerprint density at radius 1 is 0.583 bits per heavy atom. The lowest BCUT2D eigenvalue weighted by atomic mass is 10.1. The van der Waals surface area contributed by atoms with Gasteiger partial charge in [0.2, 0.25) is 11.8 Å². The lowest BCUT2D eigenvalue weighted by molar-refractivity contribution is -0.157. The van der Waals surface area contributed by atoms with Crippen LogP contribution in [0.1, 0.15) is 11.1 Å². The summed E-state index contributed by atoms with van der Waals surface area (Å²) in [6.07, 6.45) is 0.823. The van der Waals surface area contributed by atoms with Crippen molar-refractivity contribution in [1.82, 2.24) is 10.6 Å². The van der Waals surface area contributed by atoms with E-state index in [0.29, 0.717) is 12.8 Å². The fraction of sp³-hybridized carbons (Fsp3) is 0.385. The number of benzene rings is 2. The molecule has 0 unspecified atom stereocenters. The average Bonchev–Trinajstić information content (AvgIpc) is 2.86. The zero-order valence-electron chi connectivity index (χ0n) is 19.9. The highest BCUT2D eigenvalue weighted by Crippen LogP contribution is 2.06. The van der Waals surface area contributed by atoms with Crippen LogP contribution in [0.2, 0.25) is 0 Å². The van der Waals surface area contributed by atoms with E-state index in [1.54, 1.807) is 0 Å². The van der Waals surface area contributed by atoms with E-state index < -0.39 is 49.1 Å². The van der Waals surface area contributed by atoms with Gasteiger partial charge in [-0.15, -0.1) is 0 Å². The predicted octanol–water partition coefficient (Wildman–Crippen LogP) is 0.575. The number of hydrogen-bond acceptors (Lipinski definition) is 8. The molecule has 1 aliphatic rings. The van der Waals surface area contributed by atoms with Gasteiger partial charge in [0.05, 0.1) is 12.1 Å². The molecule has 10 heteroatoms. The summed E-state index contributed by atoms with van der Waals surface area (Å²) in [5.41, 5.74) is 1.87. The zero-order valence-corrected chi connectivity index (χ0v) is 19.9. The number of nitrogens with one attached hydrogen (secondary N) is 2. The van der Waals surface area contributed by atoms with Crippen molar-refractivity contribution >= 4 is 23.8 Å². The van der Waals surface area contributed by atoms with Crippen molar-refractivity contribution in [3.05, 3.63) is 71.8 Å². The smallest absolute Gasteiger partial charge is 0.332 e. The maximum atomic E-state index is 12.4. The van der Waals surface area contributed by atoms with Crippen LogP contribution in [-0.4, -0.2) is 75.5 Å².